The van der Waals surface area contributed by atoms with Crippen molar-refractivity contribution in [1.29, 1.82) is 0 Å². The average molecular weight is 250 g/mol. The molecule has 0 bridgehead atoms. The Kier molecular flexibility index (Phi) is 1.55. The molecule has 100 valence electrons. The van der Waals surface area contributed by atoms with Crippen LogP contribution >= 0.6 is 0 Å². The van der Waals surface area contributed by atoms with Gasteiger partial charge < -0.3 is 9.84 Å². The van der Waals surface area contributed by atoms with Crippen molar-refractivity contribution in [3.63, 3.8) is 0 Å². The van der Waals surface area contributed by atoms with E-state index >= 15 is 0 Å². The van der Waals surface area contributed by atoms with E-state index in [1.165, 1.54) is 0 Å². The van der Waals surface area contributed by atoms with Gasteiger partial charge in [0.25, 0.3) is 0 Å². The summed E-state index contributed by atoms with van der Waals surface area (Å²) in [5.41, 5.74) is -2.03. The molecule has 1 N–H and O–H groups in total. The highest BCUT2D eigenvalue weighted by Crippen LogP contribution is 2.79. The van der Waals surface area contributed by atoms with Gasteiger partial charge in [-0.25, -0.2) is 0 Å². The molecule has 0 aromatic rings. The number of Topliss-reactive ketones (excluding diaryl/α,β-unsaturated/α-hetero) is 1. The lowest BCUT2D eigenvalue weighted by Crippen LogP contribution is -2.69. The third kappa shape index (κ3) is 0.821. The summed E-state index contributed by atoms with van der Waals surface area (Å²) in [7, 11) is 0. The molecule has 4 rings (SSSR count). The highest BCUT2D eigenvalue weighted by molar-refractivity contribution is 6.01. The van der Waals surface area contributed by atoms with Gasteiger partial charge in [-0.2, -0.15) is 0 Å². The number of fused-ring (bicyclic) bond motifs is 2. The molecule has 0 aromatic carbocycles. The van der Waals surface area contributed by atoms with Gasteiger partial charge in [0.15, 0.2) is 11.4 Å². The first-order chi connectivity index (χ1) is 8.12. The zero-order chi connectivity index (χ0) is 13.2. The second-order valence-electron chi connectivity index (χ2n) is 8.23. The van der Waals surface area contributed by atoms with E-state index in [-0.39, 0.29) is 28.1 Å². The van der Waals surface area contributed by atoms with Crippen LogP contribution in [0.25, 0.3) is 0 Å². The number of carbonyl (C=O) groups is 1. The van der Waals surface area contributed by atoms with Crippen LogP contribution in [0, 0.1) is 16.7 Å². The van der Waals surface area contributed by atoms with Crippen LogP contribution in [-0.2, 0) is 9.53 Å². The van der Waals surface area contributed by atoms with Crippen molar-refractivity contribution in [2.24, 2.45) is 16.7 Å². The standard InChI is InChI=1S/C15H22O3/c1-11(2)7-9-12(3)5-6-15(12)13(4,18-15)10(16)14(9,17)8-11/h9,17H,5-8H2,1-4H3/t9-,12-,13-,14+,15+/m1/s1. The van der Waals surface area contributed by atoms with E-state index in [1.807, 2.05) is 6.92 Å². The molecular formula is C15H22O3. The zero-order valence-electron chi connectivity index (χ0n) is 11.7. The molecule has 3 aliphatic carbocycles. The lowest BCUT2D eigenvalue weighted by atomic mass is 9.44. The molecule has 4 fully saturated rings. The molecule has 0 aromatic heterocycles. The fourth-order valence-electron chi connectivity index (χ4n) is 5.76. The van der Waals surface area contributed by atoms with E-state index in [0.717, 1.165) is 19.3 Å². The lowest BCUT2D eigenvalue weighted by molar-refractivity contribution is -0.171. The quantitative estimate of drug-likeness (QED) is 0.669. The molecule has 0 radical (unpaired) electrons. The summed E-state index contributed by atoms with van der Waals surface area (Å²) < 4.78 is 5.93. The van der Waals surface area contributed by atoms with Crippen molar-refractivity contribution in [2.45, 2.75) is 70.2 Å². The summed E-state index contributed by atoms with van der Waals surface area (Å²) in [5.74, 6) is 0.0413. The maximum Gasteiger partial charge on any atom is 0.199 e. The summed E-state index contributed by atoms with van der Waals surface area (Å²) in [5, 5.41) is 11.0. The number of carbonyl (C=O) groups excluding carboxylic acids is 1. The molecule has 1 aliphatic heterocycles. The van der Waals surface area contributed by atoms with Crippen LogP contribution in [0.4, 0.5) is 0 Å². The summed E-state index contributed by atoms with van der Waals surface area (Å²) in [4.78, 5) is 12.7. The van der Waals surface area contributed by atoms with Crippen molar-refractivity contribution in [3.8, 4) is 0 Å². The Morgan fingerprint density at radius 2 is 1.89 bits per heavy atom. The molecule has 3 heteroatoms. The first kappa shape index (κ1) is 11.4. The molecule has 1 spiro atoms. The molecule has 4 aliphatic rings. The Balaban J connectivity index is 1.89. The summed E-state index contributed by atoms with van der Waals surface area (Å²) in [6, 6.07) is 0. The van der Waals surface area contributed by atoms with E-state index in [2.05, 4.69) is 20.8 Å². The van der Waals surface area contributed by atoms with Crippen LogP contribution in [-0.4, -0.2) is 27.7 Å². The predicted octanol–water partition coefficient (Wildman–Crippen LogP) is 2.06. The summed E-state index contributed by atoms with van der Waals surface area (Å²) in [6.45, 7) is 8.46. The Labute approximate surface area is 108 Å². The second-order valence-corrected chi connectivity index (χ2v) is 8.23. The minimum Gasteiger partial charge on any atom is -0.382 e. The minimum atomic E-state index is -1.15. The first-order valence-corrected chi connectivity index (χ1v) is 7.09. The SMILES string of the molecule is CC1(C)C[C@H]2[C@@](O)(C1)C(=O)[C@@]1(C)O[C@]13CC[C@]23C. The van der Waals surface area contributed by atoms with Crippen LogP contribution in [0.2, 0.25) is 0 Å². The fourth-order valence-corrected chi connectivity index (χ4v) is 5.76. The number of ether oxygens (including phenoxy) is 1. The minimum absolute atomic E-state index is 0.00181. The van der Waals surface area contributed by atoms with Gasteiger partial charge in [-0.3, -0.25) is 4.79 Å². The summed E-state index contributed by atoms with van der Waals surface area (Å²) in [6.07, 6.45) is 3.60. The molecule has 1 heterocycles. The van der Waals surface area contributed by atoms with Gasteiger partial charge in [0, 0.05) is 11.3 Å². The van der Waals surface area contributed by atoms with Gasteiger partial charge in [-0.15, -0.1) is 0 Å². The van der Waals surface area contributed by atoms with E-state index in [9.17, 15) is 9.90 Å². The van der Waals surface area contributed by atoms with Crippen molar-refractivity contribution < 1.29 is 14.6 Å². The Bertz CT molecular complexity index is 484. The number of hydrogen-bond donors (Lipinski definition) is 1. The van der Waals surface area contributed by atoms with Gasteiger partial charge in [-0.1, -0.05) is 20.8 Å². The van der Waals surface area contributed by atoms with Crippen LogP contribution in [0.5, 0.6) is 0 Å². The normalized spacial score (nSPS) is 63.6. The lowest BCUT2D eigenvalue weighted by Gasteiger charge is -2.57. The number of rotatable bonds is 0. The van der Waals surface area contributed by atoms with Gasteiger partial charge in [0.05, 0.1) is 0 Å². The molecule has 0 amide bonds. The molecule has 0 unspecified atom stereocenters. The average Bonchev–Trinajstić information content (AvgIpc) is 2.84. The van der Waals surface area contributed by atoms with Crippen molar-refractivity contribution >= 4 is 5.78 Å². The second kappa shape index (κ2) is 2.45. The smallest absolute Gasteiger partial charge is 0.199 e. The fraction of sp³-hybridized carbons (Fsp3) is 0.933. The van der Waals surface area contributed by atoms with Crippen LogP contribution in [0.3, 0.4) is 0 Å². The molecule has 3 saturated carbocycles. The van der Waals surface area contributed by atoms with E-state index in [0.29, 0.717) is 6.42 Å². The third-order valence-corrected chi connectivity index (χ3v) is 6.70. The van der Waals surface area contributed by atoms with E-state index in [4.69, 9.17) is 4.74 Å². The highest BCUT2D eigenvalue weighted by atomic mass is 16.6. The van der Waals surface area contributed by atoms with Crippen molar-refractivity contribution in [1.82, 2.24) is 0 Å². The zero-order valence-corrected chi connectivity index (χ0v) is 11.7. The molecule has 3 nitrogen and oxygen atoms in total. The third-order valence-electron chi connectivity index (χ3n) is 6.70. The number of epoxide rings is 1. The van der Waals surface area contributed by atoms with Gasteiger partial charge >= 0.3 is 0 Å². The van der Waals surface area contributed by atoms with Crippen LogP contribution < -0.4 is 0 Å². The maximum absolute atomic E-state index is 12.7. The Morgan fingerprint density at radius 1 is 1.22 bits per heavy atom. The topological polar surface area (TPSA) is 49.8 Å². The van der Waals surface area contributed by atoms with Crippen LogP contribution in [0.15, 0.2) is 0 Å². The maximum atomic E-state index is 12.7. The van der Waals surface area contributed by atoms with E-state index < -0.39 is 11.2 Å². The van der Waals surface area contributed by atoms with E-state index in [1.54, 1.807) is 0 Å². The Morgan fingerprint density at radius 3 is 2.44 bits per heavy atom. The largest absolute Gasteiger partial charge is 0.382 e. The number of hydrogen-bond acceptors (Lipinski definition) is 3. The molecule has 1 saturated heterocycles. The number of ketones is 1. The Hall–Kier alpha value is -0.410. The van der Waals surface area contributed by atoms with Gasteiger partial charge in [0.1, 0.15) is 11.2 Å². The highest BCUT2D eigenvalue weighted by Gasteiger charge is 2.90. The predicted molar refractivity (Wildman–Crippen MR) is 66.0 cm³/mol. The van der Waals surface area contributed by atoms with Gasteiger partial charge in [0.2, 0.25) is 0 Å². The molecular weight excluding hydrogens is 228 g/mol. The first-order valence-electron chi connectivity index (χ1n) is 7.09. The van der Waals surface area contributed by atoms with Crippen molar-refractivity contribution in [3.05, 3.63) is 0 Å². The van der Waals surface area contributed by atoms with Gasteiger partial charge in [-0.05, 0) is 38.0 Å². The monoisotopic (exact) mass is 250 g/mol. The number of aliphatic hydroxyl groups is 1. The van der Waals surface area contributed by atoms with Crippen molar-refractivity contribution in [2.75, 3.05) is 0 Å². The molecule has 18 heavy (non-hydrogen) atoms. The molecule has 5 atom stereocenters. The summed E-state index contributed by atoms with van der Waals surface area (Å²) >= 11 is 0. The van der Waals surface area contributed by atoms with Crippen LogP contribution in [0.1, 0.15) is 53.4 Å².